The van der Waals surface area contributed by atoms with Gasteiger partial charge >= 0.3 is 6.03 Å². The van der Waals surface area contributed by atoms with Crippen molar-refractivity contribution in [3.63, 3.8) is 0 Å². The van der Waals surface area contributed by atoms with E-state index in [-0.39, 0.29) is 19.1 Å². The molecule has 7 nitrogen and oxygen atoms in total. The highest BCUT2D eigenvalue weighted by Crippen LogP contribution is 2.16. The second kappa shape index (κ2) is 8.16. The summed E-state index contributed by atoms with van der Waals surface area (Å²) in [5, 5.41) is 16.9. The lowest BCUT2D eigenvalue weighted by Crippen LogP contribution is -2.41. The Morgan fingerprint density at radius 3 is 2.68 bits per heavy atom. The van der Waals surface area contributed by atoms with Crippen LogP contribution < -0.4 is 5.32 Å². The van der Waals surface area contributed by atoms with Gasteiger partial charge in [-0.1, -0.05) is 35.5 Å². The second-order valence-electron chi connectivity index (χ2n) is 5.55. The van der Waals surface area contributed by atoms with E-state index in [1.54, 1.807) is 18.2 Å². The van der Waals surface area contributed by atoms with E-state index < -0.39 is 6.10 Å². The Bertz CT molecular complexity index is 757. The van der Waals surface area contributed by atoms with Crippen molar-refractivity contribution in [2.75, 3.05) is 6.54 Å². The first-order chi connectivity index (χ1) is 12.2. The van der Waals surface area contributed by atoms with Gasteiger partial charge in [0, 0.05) is 12.6 Å². The zero-order chi connectivity index (χ0) is 17.5. The first-order valence-corrected chi connectivity index (χ1v) is 7.90. The fraction of sp³-hybridized carbons (Fsp3) is 0.222. The number of nitrogens with zero attached hydrogens (tertiary/aromatic N) is 2. The van der Waals surface area contributed by atoms with E-state index in [0.717, 1.165) is 5.56 Å². The van der Waals surface area contributed by atoms with E-state index in [9.17, 15) is 9.90 Å². The normalized spacial score (nSPS) is 11.9. The van der Waals surface area contributed by atoms with Gasteiger partial charge in [0.25, 0.3) is 0 Å². The molecular formula is C18H19N3O4. The van der Waals surface area contributed by atoms with Crippen LogP contribution in [0.3, 0.4) is 0 Å². The number of amides is 2. The van der Waals surface area contributed by atoms with Crippen LogP contribution in [-0.2, 0) is 13.1 Å². The Morgan fingerprint density at radius 1 is 1.16 bits per heavy atom. The van der Waals surface area contributed by atoms with Crippen LogP contribution in [0.2, 0.25) is 0 Å². The van der Waals surface area contributed by atoms with Crippen molar-refractivity contribution in [3.05, 3.63) is 78.1 Å². The molecule has 25 heavy (non-hydrogen) atoms. The lowest BCUT2D eigenvalue weighted by Gasteiger charge is -2.25. The quantitative estimate of drug-likeness (QED) is 0.689. The molecule has 0 radical (unpaired) electrons. The van der Waals surface area contributed by atoms with E-state index in [1.165, 1.54) is 17.4 Å². The highest BCUT2D eigenvalue weighted by molar-refractivity contribution is 5.74. The Morgan fingerprint density at radius 2 is 2.00 bits per heavy atom. The monoisotopic (exact) mass is 341 g/mol. The standard InChI is InChI=1S/C18H19N3O4/c22-16(17-7-4-9-24-17)13-21(12-14-5-2-1-3-6-14)18(23)19-11-15-8-10-25-20-15/h1-10,16,22H,11-13H2,(H,19,23). The molecule has 0 fully saturated rings. The molecule has 3 rings (SSSR count). The molecule has 1 atom stereocenters. The van der Waals surface area contributed by atoms with Crippen molar-refractivity contribution in [2.45, 2.75) is 19.2 Å². The average Bonchev–Trinajstić information content (AvgIpc) is 3.33. The van der Waals surface area contributed by atoms with Gasteiger partial charge in [0.1, 0.15) is 23.8 Å². The summed E-state index contributed by atoms with van der Waals surface area (Å²) in [6.07, 6.45) is 2.03. The Labute approximate surface area is 144 Å². The van der Waals surface area contributed by atoms with Crippen LogP contribution in [0.15, 0.2) is 70.0 Å². The zero-order valence-electron chi connectivity index (χ0n) is 13.5. The molecule has 3 aromatic rings. The van der Waals surface area contributed by atoms with Gasteiger partial charge in [-0.25, -0.2) is 4.79 Å². The van der Waals surface area contributed by atoms with Gasteiger partial charge in [-0.3, -0.25) is 0 Å². The number of nitrogens with one attached hydrogen (secondary N) is 1. The number of furan rings is 1. The number of aliphatic hydroxyl groups is 1. The third kappa shape index (κ3) is 4.71. The molecule has 2 N–H and O–H groups in total. The maximum Gasteiger partial charge on any atom is 0.318 e. The predicted molar refractivity (Wildman–Crippen MR) is 89.3 cm³/mol. The fourth-order valence-electron chi connectivity index (χ4n) is 2.41. The highest BCUT2D eigenvalue weighted by Gasteiger charge is 2.20. The molecule has 0 bridgehead atoms. The van der Waals surface area contributed by atoms with Gasteiger partial charge in [-0.15, -0.1) is 0 Å². The van der Waals surface area contributed by atoms with Crippen molar-refractivity contribution >= 4 is 6.03 Å². The maximum atomic E-state index is 12.6. The first-order valence-electron chi connectivity index (χ1n) is 7.90. The summed E-state index contributed by atoms with van der Waals surface area (Å²) in [6.45, 7) is 0.716. The largest absolute Gasteiger partial charge is 0.467 e. The van der Waals surface area contributed by atoms with E-state index in [0.29, 0.717) is 18.0 Å². The minimum absolute atomic E-state index is 0.104. The number of hydrogen-bond donors (Lipinski definition) is 2. The maximum absolute atomic E-state index is 12.6. The number of urea groups is 1. The minimum atomic E-state index is -0.906. The lowest BCUT2D eigenvalue weighted by atomic mass is 10.2. The van der Waals surface area contributed by atoms with Crippen molar-refractivity contribution in [1.82, 2.24) is 15.4 Å². The SMILES string of the molecule is O=C(NCc1ccon1)N(Cc1ccccc1)CC(O)c1ccco1. The molecule has 0 saturated carbocycles. The number of aliphatic hydroxyl groups excluding tert-OH is 1. The lowest BCUT2D eigenvalue weighted by molar-refractivity contribution is 0.101. The summed E-state index contributed by atoms with van der Waals surface area (Å²) in [6, 6.07) is 14.3. The summed E-state index contributed by atoms with van der Waals surface area (Å²) in [5.74, 6) is 0.419. The number of rotatable bonds is 7. The summed E-state index contributed by atoms with van der Waals surface area (Å²) in [7, 11) is 0. The minimum Gasteiger partial charge on any atom is -0.467 e. The summed E-state index contributed by atoms with van der Waals surface area (Å²) in [4.78, 5) is 14.1. The highest BCUT2D eigenvalue weighted by atomic mass is 16.5. The van der Waals surface area contributed by atoms with Crippen molar-refractivity contribution in [3.8, 4) is 0 Å². The molecule has 1 unspecified atom stereocenters. The summed E-state index contributed by atoms with van der Waals surface area (Å²) >= 11 is 0. The van der Waals surface area contributed by atoms with Crippen LogP contribution in [0.1, 0.15) is 23.1 Å². The number of benzene rings is 1. The molecule has 0 aliphatic rings. The average molecular weight is 341 g/mol. The van der Waals surface area contributed by atoms with Crippen molar-refractivity contribution in [1.29, 1.82) is 0 Å². The molecular weight excluding hydrogens is 322 g/mol. The Kier molecular flexibility index (Phi) is 5.48. The Hall–Kier alpha value is -3.06. The van der Waals surface area contributed by atoms with E-state index >= 15 is 0 Å². The van der Waals surface area contributed by atoms with Gasteiger partial charge in [0.05, 0.1) is 19.4 Å². The van der Waals surface area contributed by atoms with Crippen LogP contribution in [0, 0.1) is 0 Å². The van der Waals surface area contributed by atoms with E-state index in [1.807, 2.05) is 30.3 Å². The van der Waals surface area contributed by atoms with Gasteiger partial charge in [0.15, 0.2) is 0 Å². The van der Waals surface area contributed by atoms with Crippen LogP contribution >= 0.6 is 0 Å². The molecule has 0 saturated heterocycles. The number of aromatic nitrogens is 1. The molecule has 2 amide bonds. The van der Waals surface area contributed by atoms with Crippen molar-refractivity contribution < 1.29 is 18.8 Å². The third-order valence-electron chi connectivity index (χ3n) is 3.68. The van der Waals surface area contributed by atoms with Gasteiger partial charge < -0.3 is 24.3 Å². The van der Waals surface area contributed by atoms with Crippen molar-refractivity contribution in [2.24, 2.45) is 0 Å². The van der Waals surface area contributed by atoms with Crippen LogP contribution in [0.4, 0.5) is 4.79 Å². The van der Waals surface area contributed by atoms with Gasteiger partial charge in [-0.2, -0.15) is 0 Å². The van der Waals surface area contributed by atoms with Crippen LogP contribution in [-0.4, -0.2) is 27.7 Å². The number of hydrogen-bond acceptors (Lipinski definition) is 5. The molecule has 2 aromatic heterocycles. The van der Waals surface area contributed by atoms with Gasteiger partial charge in [0.2, 0.25) is 0 Å². The number of carbonyl (C=O) groups excluding carboxylic acids is 1. The van der Waals surface area contributed by atoms with E-state index in [2.05, 4.69) is 10.5 Å². The summed E-state index contributed by atoms with van der Waals surface area (Å²) in [5.41, 5.74) is 1.59. The van der Waals surface area contributed by atoms with E-state index in [4.69, 9.17) is 8.94 Å². The molecule has 7 heteroatoms. The number of carbonyl (C=O) groups is 1. The molecule has 130 valence electrons. The topological polar surface area (TPSA) is 91.7 Å². The molecule has 0 aliphatic carbocycles. The molecule has 0 spiro atoms. The van der Waals surface area contributed by atoms with Crippen LogP contribution in [0.25, 0.3) is 0 Å². The first kappa shape index (κ1) is 16.8. The predicted octanol–water partition coefficient (Wildman–Crippen LogP) is 2.71. The summed E-state index contributed by atoms with van der Waals surface area (Å²) < 4.78 is 9.96. The second-order valence-corrected chi connectivity index (χ2v) is 5.55. The Balaban J connectivity index is 1.67. The van der Waals surface area contributed by atoms with Crippen LogP contribution in [0.5, 0.6) is 0 Å². The molecule has 0 aliphatic heterocycles. The third-order valence-corrected chi connectivity index (χ3v) is 3.68. The zero-order valence-corrected chi connectivity index (χ0v) is 13.5. The smallest absolute Gasteiger partial charge is 0.318 e. The fourth-order valence-corrected chi connectivity index (χ4v) is 2.41. The van der Waals surface area contributed by atoms with Gasteiger partial charge in [-0.05, 0) is 17.7 Å². The molecule has 2 heterocycles. The molecule has 1 aromatic carbocycles.